The number of nitrogens with one attached hydrogen (secondary N) is 1. The second kappa shape index (κ2) is 9.94. The maximum absolute atomic E-state index is 8.81. The molecule has 1 N–H and O–H groups in total. The molecule has 7 heteroatoms. The number of aromatic nitrogens is 2. The van der Waals surface area contributed by atoms with Gasteiger partial charge >= 0.3 is 0 Å². The van der Waals surface area contributed by atoms with E-state index in [1.54, 1.807) is 0 Å². The monoisotopic (exact) mass is 473 g/mol. The van der Waals surface area contributed by atoms with Crippen molar-refractivity contribution in [3.05, 3.63) is 83.6 Å². The van der Waals surface area contributed by atoms with Crippen molar-refractivity contribution in [2.24, 2.45) is 4.99 Å². The van der Waals surface area contributed by atoms with Crippen molar-refractivity contribution in [3.8, 4) is 11.3 Å². The van der Waals surface area contributed by atoms with Gasteiger partial charge in [-0.25, -0.2) is 9.97 Å². The summed E-state index contributed by atoms with van der Waals surface area (Å²) in [5.41, 5.74) is 17.3. The van der Waals surface area contributed by atoms with Crippen LogP contribution in [-0.2, 0) is 6.54 Å². The molecule has 1 aromatic heterocycles. The number of hydrogen-bond donors (Lipinski definition) is 1. The van der Waals surface area contributed by atoms with Crippen LogP contribution in [0, 0.1) is 65.5 Å². The molecule has 184 valence electrons. The highest BCUT2D eigenvalue weighted by Gasteiger charge is 2.27. The minimum atomic E-state index is -0.500. The van der Waals surface area contributed by atoms with Crippen LogP contribution >= 0.6 is 0 Å². The predicted octanol–water partition coefficient (Wildman–Crippen LogP) is 5.90. The molecule has 0 radical (unpaired) electrons. The molecule has 0 amide bonds. The van der Waals surface area contributed by atoms with E-state index in [4.69, 9.17) is 20.1 Å². The van der Waals surface area contributed by atoms with Crippen LogP contribution in [0.5, 0.6) is 0 Å². The van der Waals surface area contributed by atoms with E-state index in [1.807, 2.05) is 13.2 Å². The highest BCUT2D eigenvalue weighted by atomic mass is 16.6. The van der Waals surface area contributed by atoms with E-state index >= 15 is 0 Å². The van der Waals surface area contributed by atoms with Crippen LogP contribution in [0.25, 0.3) is 11.3 Å². The number of nitro groups is 1. The largest absolute Gasteiger partial charge is 0.357 e. The first-order valence-corrected chi connectivity index (χ1v) is 11.8. The number of aliphatic imine (C=N–C) groups is 1. The van der Waals surface area contributed by atoms with Gasteiger partial charge in [-0.05, 0) is 106 Å². The van der Waals surface area contributed by atoms with Gasteiger partial charge in [0.05, 0.1) is 18.0 Å². The Morgan fingerprint density at radius 3 is 1.91 bits per heavy atom. The second-order valence-electron chi connectivity index (χ2n) is 9.29. The SMILES string of the molecule is CNc1ncc2c(n1)-c1c(cc(C)c(C)c1C)C(c1c(C)c(C)c(C)c(C)c1C)=NC2.C[N+](=O)[O-]. The van der Waals surface area contributed by atoms with E-state index in [-0.39, 0.29) is 0 Å². The zero-order valence-corrected chi connectivity index (χ0v) is 22.5. The number of rotatable bonds is 2. The fraction of sp³-hybridized carbons (Fsp3) is 0.393. The van der Waals surface area contributed by atoms with Gasteiger partial charge in [0.2, 0.25) is 5.95 Å². The van der Waals surface area contributed by atoms with E-state index in [9.17, 15) is 0 Å². The first-order chi connectivity index (χ1) is 16.4. The summed E-state index contributed by atoms with van der Waals surface area (Å²) in [7, 11) is 2.75. The Bertz CT molecular complexity index is 1340. The molecule has 1 aliphatic rings. The van der Waals surface area contributed by atoms with Crippen molar-refractivity contribution in [3.63, 3.8) is 0 Å². The summed E-state index contributed by atoms with van der Waals surface area (Å²) in [5.74, 6) is 0.639. The van der Waals surface area contributed by atoms with Crippen molar-refractivity contribution < 1.29 is 4.92 Å². The van der Waals surface area contributed by atoms with Crippen molar-refractivity contribution in [2.75, 3.05) is 19.4 Å². The Morgan fingerprint density at radius 1 is 0.857 bits per heavy atom. The molecule has 0 fully saturated rings. The molecule has 3 aromatic rings. The molecule has 1 aliphatic heterocycles. The molecule has 35 heavy (non-hydrogen) atoms. The standard InChI is InChI=1S/C27H32N4.CH3NO2/c1-13-10-22-24(18(6)14(13)2)25-21(12-30-27(28-9)31-25)11-29-26(22)23-19(7)16(4)15(3)17(5)20(23)8;1-2(3)4/h10,12H,11H2,1-9H3,(H,28,30,31);1H3. The number of benzene rings is 2. The van der Waals surface area contributed by atoms with Crippen LogP contribution < -0.4 is 5.32 Å². The van der Waals surface area contributed by atoms with Crippen LogP contribution in [0.15, 0.2) is 17.3 Å². The van der Waals surface area contributed by atoms with Crippen LogP contribution in [0.2, 0.25) is 0 Å². The summed E-state index contributed by atoms with van der Waals surface area (Å²) in [4.78, 5) is 22.9. The van der Waals surface area contributed by atoms with E-state index in [1.165, 1.54) is 61.2 Å². The fourth-order valence-corrected chi connectivity index (χ4v) is 4.75. The molecule has 2 aromatic carbocycles. The molecule has 7 nitrogen and oxygen atoms in total. The third kappa shape index (κ3) is 4.67. The summed E-state index contributed by atoms with van der Waals surface area (Å²) in [6, 6.07) is 2.30. The first kappa shape index (κ1) is 26.0. The van der Waals surface area contributed by atoms with Crippen molar-refractivity contribution in [1.82, 2.24) is 9.97 Å². The van der Waals surface area contributed by atoms with Crippen LogP contribution in [0.3, 0.4) is 0 Å². The Morgan fingerprint density at radius 2 is 1.37 bits per heavy atom. The van der Waals surface area contributed by atoms with E-state index in [0.29, 0.717) is 12.5 Å². The van der Waals surface area contributed by atoms with Crippen molar-refractivity contribution in [2.45, 2.75) is 61.9 Å². The van der Waals surface area contributed by atoms with E-state index < -0.39 is 4.92 Å². The summed E-state index contributed by atoms with van der Waals surface area (Å²) in [5, 5.41) is 11.9. The van der Waals surface area contributed by atoms with Crippen molar-refractivity contribution in [1.29, 1.82) is 0 Å². The molecule has 0 spiro atoms. The number of fused-ring (bicyclic) bond motifs is 3. The maximum atomic E-state index is 8.81. The Hall–Kier alpha value is -3.61. The third-order valence-electron chi connectivity index (χ3n) is 7.38. The average molecular weight is 474 g/mol. The lowest BCUT2D eigenvalue weighted by molar-refractivity contribution is -0.445. The van der Waals surface area contributed by atoms with E-state index in [2.05, 4.69) is 71.8 Å². The average Bonchev–Trinajstić information content (AvgIpc) is 2.96. The maximum Gasteiger partial charge on any atom is 0.222 e. The third-order valence-corrected chi connectivity index (χ3v) is 7.38. The number of aryl methyl sites for hydroxylation is 1. The summed E-state index contributed by atoms with van der Waals surface area (Å²) < 4.78 is 0. The topological polar surface area (TPSA) is 93.3 Å². The molecule has 0 saturated carbocycles. The van der Waals surface area contributed by atoms with Crippen molar-refractivity contribution >= 4 is 11.7 Å². The van der Waals surface area contributed by atoms with E-state index in [0.717, 1.165) is 24.0 Å². The van der Waals surface area contributed by atoms with Gasteiger partial charge in [-0.15, -0.1) is 0 Å². The lowest BCUT2D eigenvalue weighted by Gasteiger charge is -2.22. The first-order valence-electron chi connectivity index (χ1n) is 11.8. The van der Waals surface area contributed by atoms with Gasteiger partial charge in [0.1, 0.15) is 0 Å². The Kier molecular flexibility index (Phi) is 7.38. The van der Waals surface area contributed by atoms with Gasteiger partial charge in [0.25, 0.3) is 0 Å². The smallest absolute Gasteiger partial charge is 0.222 e. The molecule has 0 unspecified atom stereocenters. The van der Waals surface area contributed by atoms with Gasteiger partial charge in [-0.1, -0.05) is 0 Å². The second-order valence-corrected chi connectivity index (χ2v) is 9.29. The summed E-state index contributed by atoms with van der Waals surface area (Å²) in [6.07, 6.45) is 1.92. The fourth-order valence-electron chi connectivity index (χ4n) is 4.75. The van der Waals surface area contributed by atoms with Gasteiger partial charge in [0.15, 0.2) is 7.05 Å². The number of nitrogens with zero attached hydrogens (tertiary/aromatic N) is 4. The normalized spacial score (nSPS) is 12.0. The lowest BCUT2D eigenvalue weighted by Crippen LogP contribution is -2.14. The minimum Gasteiger partial charge on any atom is -0.357 e. The number of anilines is 1. The molecule has 0 atom stereocenters. The van der Waals surface area contributed by atoms with Gasteiger partial charge in [-0.3, -0.25) is 15.1 Å². The predicted molar refractivity (Wildman–Crippen MR) is 144 cm³/mol. The highest BCUT2D eigenvalue weighted by molar-refractivity contribution is 6.19. The zero-order valence-electron chi connectivity index (χ0n) is 22.5. The molecule has 2 heterocycles. The molecule has 0 aliphatic carbocycles. The Balaban J connectivity index is 0.000000795. The molecule has 0 saturated heterocycles. The van der Waals surface area contributed by atoms with Crippen LogP contribution in [-0.4, -0.2) is 34.7 Å². The Labute approximate surface area is 207 Å². The zero-order chi connectivity index (χ0) is 26.2. The van der Waals surface area contributed by atoms with Crippen LogP contribution in [0.4, 0.5) is 5.95 Å². The van der Waals surface area contributed by atoms with Gasteiger partial charge < -0.3 is 5.32 Å². The van der Waals surface area contributed by atoms with Gasteiger partial charge in [0, 0.05) is 40.4 Å². The van der Waals surface area contributed by atoms with Crippen LogP contribution in [0.1, 0.15) is 61.2 Å². The summed E-state index contributed by atoms with van der Waals surface area (Å²) >= 11 is 0. The molecule has 4 rings (SSSR count). The number of hydrogen-bond acceptors (Lipinski definition) is 6. The van der Waals surface area contributed by atoms with Gasteiger partial charge in [-0.2, -0.15) is 0 Å². The minimum absolute atomic E-state index is 0.500. The molecule has 0 bridgehead atoms. The lowest BCUT2D eigenvalue weighted by atomic mass is 9.82. The molecular weight excluding hydrogens is 438 g/mol. The summed E-state index contributed by atoms with van der Waals surface area (Å²) in [6.45, 7) is 18.3. The highest BCUT2D eigenvalue weighted by Crippen LogP contribution is 2.38. The molecular formula is C28H35N5O2. The quantitative estimate of drug-likeness (QED) is 0.370.